The van der Waals surface area contributed by atoms with Gasteiger partial charge in [0.25, 0.3) is 0 Å². The van der Waals surface area contributed by atoms with Crippen molar-refractivity contribution in [2.24, 2.45) is 5.73 Å². The van der Waals surface area contributed by atoms with E-state index in [0.717, 1.165) is 18.4 Å². The summed E-state index contributed by atoms with van der Waals surface area (Å²) < 4.78 is 23.3. The highest BCUT2D eigenvalue weighted by atomic mass is 32.2. The molecule has 122 valence electrons. The standard InChI is InChI=1S/C16H24N2O3S/c1-22(20,21)14-9-5-8-13(10-14)18-16(19)11-15(17)12-6-3-2-4-7-12/h2-4,6-7,13-15H,5,8-11,17H2,1H3,(H,18,19)/t13-,14-,15+/m1/s1. The first-order chi connectivity index (χ1) is 10.4. The molecule has 1 fully saturated rings. The molecule has 1 aliphatic rings. The molecule has 1 aromatic carbocycles. The van der Waals surface area contributed by atoms with Gasteiger partial charge < -0.3 is 11.1 Å². The zero-order valence-electron chi connectivity index (χ0n) is 12.9. The van der Waals surface area contributed by atoms with E-state index in [4.69, 9.17) is 5.73 Å². The highest BCUT2D eigenvalue weighted by Gasteiger charge is 2.29. The van der Waals surface area contributed by atoms with Gasteiger partial charge in [-0.25, -0.2) is 8.42 Å². The zero-order chi connectivity index (χ0) is 16.2. The largest absolute Gasteiger partial charge is 0.353 e. The van der Waals surface area contributed by atoms with Gasteiger partial charge in [0.1, 0.15) is 9.84 Å². The minimum absolute atomic E-state index is 0.0658. The number of nitrogens with two attached hydrogens (primary N) is 1. The minimum Gasteiger partial charge on any atom is -0.353 e. The number of hydrogen-bond donors (Lipinski definition) is 2. The normalized spacial score (nSPS) is 23.7. The second-order valence-electron chi connectivity index (χ2n) is 6.10. The van der Waals surface area contributed by atoms with Gasteiger partial charge in [-0.3, -0.25) is 4.79 Å². The summed E-state index contributed by atoms with van der Waals surface area (Å²) in [5.74, 6) is -0.115. The summed E-state index contributed by atoms with van der Waals surface area (Å²) in [6, 6.07) is 9.09. The van der Waals surface area contributed by atoms with Gasteiger partial charge in [0.05, 0.1) is 5.25 Å². The molecule has 0 aliphatic heterocycles. The number of rotatable bonds is 5. The van der Waals surface area contributed by atoms with Crippen molar-refractivity contribution in [3.63, 3.8) is 0 Å². The van der Waals surface area contributed by atoms with E-state index in [1.165, 1.54) is 6.26 Å². The number of nitrogens with one attached hydrogen (secondary N) is 1. The molecule has 22 heavy (non-hydrogen) atoms. The first kappa shape index (κ1) is 17.0. The van der Waals surface area contributed by atoms with Crippen LogP contribution in [0, 0.1) is 0 Å². The lowest BCUT2D eigenvalue weighted by molar-refractivity contribution is -0.122. The fourth-order valence-electron chi connectivity index (χ4n) is 2.97. The smallest absolute Gasteiger partial charge is 0.222 e. The molecule has 3 N–H and O–H groups in total. The zero-order valence-corrected chi connectivity index (χ0v) is 13.7. The van der Waals surface area contributed by atoms with Crippen LogP contribution in [0.3, 0.4) is 0 Å². The maximum Gasteiger partial charge on any atom is 0.222 e. The lowest BCUT2D eigenvalue weighted by atomic mass is 9.94. The van der Waals surface area contributed by atoms with Crippen molar-refractivity contribution in [2.75, 3.05) is 6.26 Å². The third kappa shape index (κ3) is 4.81. The molecule has 0 saturated heterocycles. The van der Waals surface area contributed by atoms with Crippen LogP contribution >= 0.6 is 0 Å². The van der Waals surface area contributed by atoms with Crippen molar-refractivity contribution >= 4 is 15.7 Å². The van der Waals surface area contributed by atoms with Crippen LogP contribution in [0.25, 0.3) is 0 Å². The summed E-state index contributed by atoms with van der Waals surface area (Å²) in [7, 11) is -3.04. The molecule has 0 bridgehead atoms. The van der Waals surface area contributed by atoms with Crippen LogP contribution < -0.4 is 11.1 Å². The van der Waals surface area contributed by atoms with Gasteiger partial charge in [0.15, 0.2) is 0 Å². The van der Waals surface area contributed by atoms with Crippen molar-refractivity contribution < 1.29 is 13.2 Å². The molecule has 0 radical (unpaired) electrons. The van der Waals surface area contributed by atoms with Crippen LogP contribution in [0.5, 0.6) is 0 Å². The molecule has 1 aliphatic carbocycles. The maximum atomic E-state index is 12.1. The van der Waals surface area contributed by atoms with Gasteiger partial charge in [0.2, 0.25) is 5.91 Å². The summed E-state index contributed by atoms with van der Waals surface area (Å²) in [6.07, 6.45) is 4.34. The van der Waals surface area contributed by atoms with E-state index in [0.29, 0.717) is 12.8 Å². The van der Waals surface area contributed by atoms with Crippen LogP contribution in [0.1, 0.15) is 43.7 Å². The summed E-state index contributed by atoms with van der Waals surface area (Å²) in [6.45, 7) is 0. The Bertz CT molecular complexity index is 601. The predicted octanol–water partition coefficient (Wildman–Crippen LogP) is 1.55. The molecule has 5 nitrogen and oxygen atoms in total. The highest BCUT2D eigenvalue weighted by molar-refractivity contribution is 7.91. The van der Waals surface area contributed by atoms with E-state index in [1.807, 2.05) is 30.3 Å². The lowest BCUT2D eigenvalue weighted by Crippen LogP contribution is -2.42. The van der Waals surface area contributed by atoms with Gasteiger partial charge in [-0.05, 0) is 24.8 Å². The second-order valence-corrected chi connectivity index (χ2v) is 8.43. The van der Waals surface area contributed by atoms with Crippen molar-refractivity contribution in [3.8, 4) is 0 Å². The second kappa shape index (κ2) is 7.24. The van der Waals surface area contributed by atoms with E-state index in [2.05, 4.69) is 5.32 Å². The number of carbonyl (C=O) groups excluding carboxylic acids is 1. The van der Waals surface area contributed by atoms with Crippen molar-refractivity contribution in [1.29, 1.82) is 0 Å². The van der Waals surface area contributed by atoms with Gasteiger partial charge in [-0.15, -0.1) is 0 Å². The van der Waals surface area contributed by atoms with Gasteiger partial charge in [-0.2, -0.15) is 0 Å². The summed E-state index contributed by atoms with van der Waals surface area (Å²) in [5, 5.41) is 2.60. The Morgan fingerprint density at radius 3 is 2.64 bits per heavy atom. The molecule has 1 aromatic rings. The number of sulfone groups is 1. The lowest BCUT2D eigenvalue weighted by Gasteiger charge is -2.29. The first-order valence-corrected chi connectivity index (χ1v) is 9.60. The monoisotopic (exact) mass is 324 g/mol. The molecule has 1 saturated carbocycles. The van der Waals surface area contributed by atoms with Gasteiger partial charge in [0, 0.05) is 24.8 Å². The van der Waals surface area contributed by atoms with E-state index >= 15 is 0 Å². The molecule has 6 heteroatoms. The van der Waals surface area contributed by atoms with Gasteiger partial charge in [-0.1, -0.05) is 36.8 Å². The number of hydrogen-bond acceptors (Lipinski definition) is 4. The van der Waals surface area contributed by atoms with Crippen LogP contribution in [-0.2, 0) is 14.6 Å². The number of amides is 1. The van der Waals surface area contributed by atoms with Crippen LogP contribution in [-0.4, -0.2) is 31.9 Å². The van der Waals surface area contributed by atoms with E-state index in [-0.39, 0.29) is 29.7 Å². The molecule has 1 amide bonds. The van der Waals surface area contributed by atoms with Crippen LogP contribution in [0.4, 0.5) is 0 Å². The van der Waals surface area contributed by atoms with Crippen molar-refractivity contribution in [1.82, 2.24) is 5.32 Å². The Kier molecular flexibility index (Phi) is 5.58. The third-order valence-corrected chi connectivity index (χ3v) is 5.87. The van der Waals surface area contributed by atoms with E-state index < -0.39 is 9.84 Å². The SMILES string of the molecule is CS(=O)(=O)[C@@H]1CCC[C@@H](NC(=O)C[C@H](N)c2ccccc2)C1. The third-order valence-electron chi connectivity index (χ3n) is 4.23. The molecule has 3 atom stereocenters. The Balaban J connectivity index is 1.87. The first-order valence-electron chi connectivity index (χ1n) is 7.65. The molecule has 2 rings (SSSR count). The highest BCUT2D eigenvalue weighted by Crippen LogP contribution is 2.24. The average molecular weight is 324 g/mol. The van der Waals surface area contributed by atoms with E-state index in [1.54, 1.807) is 0 Å². The summed E-state index contributed by atoms with van der Waals surface area (Å²) in [5.41, 5.74) is 6.97. The van der Waals surface area contributed by atoms with Crippen molar-refractivity contribution in [3.05, 3.63) is 35.9 Å². The molecular weight excluding hydrogens is 300 g/mol. The van der Waals surface area contributed by atoms with Crippen LogP contribution in [0.15, 0.2) is 30.3 Å². The molecule has 0 spiro atoms. The molecular formula is C16H24N2O3S. The Labute approximate surface area is 132 Å². The quantitative estimate of drug-likeness (QED) is 0.860. The van der Waals surface area contributed by atoms with Crippen LogP contribution in [0.2, 0.25) is 0 Å². The Morgan fingerprint density at radius 1 is 1.32 bits per heavy atom. The maximum absolute atomic E-state index is 12.1. The number of carbonyl (C=O) groups is 1. The topological polar surface area (TPSA) is 89.3 Å². The number of benzene rings is 1. The predicted molar refractivity (Wildman–Crippen MR) is 87.0 cm³/mol. The summed E-state index contributed by atoms with van der Waals surface area (Å²) in [4.78, 5) is 12.1. The summed E-state index contributed by atoms with van der Waals surface area (Å²) >= 11 is 0. The minimum atomic E-state index is -3.04. The fourth-order valence-corrected chi connectivity index (χ4v) is 4.15. The average Bonchev–Trinajstić information content (AvgIpc) is 2.47. The molecule has 0 aromatic heterocycles. The Morgan fingerprint density at radius 2 is 2.00 bits per heavy atom. The Hall–Kier alpha value is -1.40. The molecule has 0 unspecified atom stereocenters. The molecule has 0 heterocycles. The fraction of sp³-hybridized carbons (Fsp3) is 0.562. The van der Waals surface area contributed by atoms with Crippen molar-refractivity contribution in [2.45, 2.75) is 49.4 Å². The van der Waals surface area contributed by atoms with E-state index in [9.17, 15) is 13.2 Å². The van der Waals surface area contributed by atoms with Gasteiger partial charge >= 0.3 is 0 Å².